The molecule has 2 N–H and O–H groups in total. The van der Waals surface area contributed by atoms with Gasteiger partial charge in [0.05, 0.1) is 5.92 Å². The average molecular weight is 251 g/mol. The number of nitrogens with one attached hydrogen (secondary N) is 1. The number of aromatic nitrogens is 2. The van der Waals surface area contributed by atoms with Gasteiger partial charge in [-0.2, -0.15) is 4.37 Å². The van der Waals surface area contributed by atoms with E-state index in [1.807, 2.05) is 6.08 Å². The number of nitrogens with zero attached hydrogens (tertiary/aromatic N) is 2. The van der Waals surface area contributed by atoms with Crippen LogP contribution in [0.3, 0.4) is 0 Å². The van der Waals surface area contributed by atoms with Gasteiger partial charge in [0.15, 0.2) is 0 Å². The van der Waals surface area contributed by atoms with Gasteiger partial charge in [-0.05, 0) is 19.3 Å². The van der Waals surface area contributed by atoms with E-state index in [1.165, 1.54) is 24.4 Å². The third kappa shape index (κ3) is 2.31. The molecule has 0 saturated heterocycles. The molecule has 1 aromatic rings. The summed E-state index contributed by atoms with van der Waals surface area (Å²) >= 11 is 1.36. The SMILES string of the molecule is O=C(O)C1C=CC(Nc2nc(C3CC3)ns2)C1. The minimum Gasteiger partial charge on any atom is -0.481 e. The summed E-state index contributed by atoms with van der Waals surface area (Å²) in [4.78, 5) is 15.2. The highest BCUT2D eigenvalue weighted by molar-refractivity contribution is 7.09. The zero-order chi connectivity index (χ0) is 11.8. The van der Waals surface area contributed by atoms with Gasteiger partial charge in [-0.1, -0.05) is 12.2 Å². The molecule has 17 heavy (non-hydrogen) atoms. The van der Waals surface area contributed by atoms with E-state index >= 15 is 0 Å². The molecule has 0 aromatic carbocycles. The van der Waals surface area contributed by atoms with Crippen molar-refractivity contribution in [1.29, 1.82) is 0 Å². The Hall–Kier alpha value is -1.43. The fraction of sp³-hybridized carbons (Fsp3) is 0.545. The molecule has 0 spiro atoms. The first-order valence-corrected chi connectivity index (χ1v) is 6.51. The van der Waals surface area contributed by atoms with Gasteiger partial charge in [0.2, 0.25) is 5.13 Å². The van der Waals surface area contributed by atoms with Crippen molar-refractivity contribution < 1.29 is 9.90 Å². The van der Waals surface area contributed by atoms with Gasteiger partial charge in [-0.25, -0.2) is 4.98 Å². The molecular formula is C11H13N3O2S. The molecular weight excluding hydrogens is 238 g/mol. The van der Waals surface area contributed by atoms with Crippen LogP contribution in [-0.2, 0) is 4.79 Å². The van der Waals surface area contributed by atoms with Crippen LogP contribution < -0.4 is 5.32 Å². The maximum Gasteiger partial charge on any atom is 0.310 e. The first-order chi connectivity index (χ1) is 8.22. The third-order valence-corrected chi connectivity index (χ3v) is 3.75. The van der Waals surface area contributed by atoms with Crippen molar-refractivity contribution in [3.8, 4) is 0 Å². The fourth-order valence-corrected chi connectivity index (χ4v) is 2.66. The topological polar surface area (TPSA) is 75.1 Å². The smallest absolute Gasteiger partial charge is 0.310 e. The second-order valence-corrected chi connectivity index (χ2v) is 5.30. The fourth-order valence-electron chi connectivity index (χ4n) is 1.95. The predicted octanol–water partition coefficient (Wildman–Crippen LogP) is 1.86. The molecule has 2 aliphatic carbocycles. The van der Waals surface area contributed by atoms with Crippen molar-refractivity contribution >= 4 is 22.6 Å². The Labute approximate surface area is 103 Å². The van der Waals surface area contributed by atoms with Crippen molar-refractivity contribution in [2.45, 2.75) is 31.2 Å². The van der Waals surface area contributed by atoms with Crippen molar-refractivity contribution in [3.05, 3.63) is 18.0 Å². The van der Waals surface area contributed by atoms with Gasteiger partial charge in [-0.3, -0.25) is 4.79 Å². The molecule has 0 aliphatic heterocycles. The second-order valence-electron chi connectivity index (χ2n) is 4.55. The highest BCUT2D eigenvalue weighted by Crippen LogP contribution is 2.39. The van der Waals surface area contributed by atoms with E-state index < -0.39 is 5.97 Å². The van der Waals surface area contributed by atoms with Crippen molar-refractivity contribution in [2.24, 2.45) is 5.92 Å². The first kappa shape index (κ1) is 10.7. The van der Waals surface area contributed by atoms with E-state index in [2.05, 4.69) is 14.7 Å². The van der Waals surface area contributed by atoms with Crippen LogP contribution >= 0.6 is 11.5 Å². The summed E-state index contributed by atoms with van der Waals surface area (Å²) in [5.41, 5.74) is 0. The van der Waals surface area contributed by atoms with E-state index in [-0.39, 0.29) is 12.0 Å². The number of anilines is 1. The van der Waals surface area contributed by atoms with Gasteiger partial charge >= 0.3 is 5.97 Å². The molecule has 5 nitrogen and oxygen atoms in total. The molecule has 2 aliphatic rings. The third-order valence-electron chi connectivity index (χ3n) is 3.09. The van der Waals surface area contributed by atoms with Crippen LogP contribution in [0.4, 0.5) is 5.13 Å². The van der Waals surface area contributed by atoms with Gasteiger partial charge in [0.1, 0.15) is 5.82 Å². The summed E-state index contributed by atoms with van der Waals surface area (Å²) in [6, 6.07) is 0.0658. The Kier molecular flexibility index (Phi) is 2.58. The van der Waals surface area contributed by atoms with E-state index in [1.54, 1.807) is 6.08 Å². The lowest BCUT2D eigenvalue weighted by Crippen LogP contribution is -2.18. The Morgan fingerprint density at radius 3 is 2.94 bits per heavy atom. The number of carboxylic acid groups (broad SMARTS) is 1. The van der Waals surface area contributed by atoms with E-state index in [0.29, 0.717) is 12.3 Å². The summed E-state index contributed by atoms with van der Waals surface area (Å²) < 4.78 is 4.30. The molecule has 0 radical (unpaired) electrons. The molecule has 1 aromatic heterocycles. The Morgan fingerprint density at radius 1 is 1.47 bits per heavy atom. The van der Waals surface area contributed by atoms with Crippen LogP contribution in [0.15, 0.2) is 12.2 Å². The summed E-state index contributed by atoms with van der Waals surface area (Å²) in [6.07, 6.45) is 6.62. The van der Waals surface area contributed by atoms with Crippen molar-refractivity contribution in [1.82, 2.24) is 9.36 Å². The maximum absolute atomic E-state index is 10.8. The average Bonchev–Trinajstić information content (AvgIpc) is 2.87. The monoisotopic (exact) mass is 251 g/mol. The summed E-state index contributed by atoms with van der Waals surface area (Å²) in [5.74, 6) is 0.367. The Morgan fingerprint density at radius 2 is 2.29 bits per heavy atom. The van der Waals surface area contributed by atoms with Gasteiger partial charge in [0.25, 0.3) is 0 Å². The lowest BCUT2D eigenvalue weighted by molar-refractivity contribution is -0.140. The van der Waals surface area contributed by atoms with Gasteiger partial charge in [-0.15, -0.1) is 0 Å². The lowest BCUT2D eigenvalue weighted by atomic mass is 10.1. The molecule has 1 fully saturated rings. The van der Waals surface area contributed by atoms with Crippen LogP contribution in [0.2, 0.25) is 0 Å². The number of carboxylic acids is 1. The molecule has 6 heteroatoms. The van der Waals surface area contributed by atoms with Crippen LogP contribution in [0.1, 0.15) is 31.0 Å². The molecule has 0 amide bonds. The largest absolute Gasteiger partial charge is 0.481 e. The number of aliphatic carboxylic acids is 1. The normalized spacial score (nSPS) is 27.3. The Balaban J connectivity index is 1.60. The summed E-state index contributed by atoms with van der Waals surface area (Å²) in [5, 5.41) is 12.9. The van der Waals surface area contributed by atoms with Gasteiger partial charge < -0.3 is 10.4 Å². The molecule has 3 rings (SSSR count). The highest BCUT2D eigenvalue weighted by atomic mass is 32.1. The minimum absolute atomic E-state index is 0.0658. The lowest BCUT2D eigenvalue weighted by Gasteiger charge is -2.09. The minimum atomic E-state index is -0.763. The summed E-state index contributed by atoms with van der Waals surface area (Å²) in [7, 11) is 0. The van der Waals surface area contributed by atoms with Crippen molar-refractivity contribution in [2.75, 3.05) is 5.32 Å². The number of carbonyl (C=O) groups is 1. The molecule has 1 saturated carbocycles. The maximum atomic E-state index is 10.8. The quantitative estimate of drug-likeness (QED) is 0.799. The summed E-state index contributed by atoms with van der Waals surface area (Å²) in [6.45, 7) is 0. The standard InChI is InChI=1S/C11H13N3O2S/c15-10(16)7-3-4-8(5-7)12-11-13-9(14-17-11)6-1-2-6/h3-4,6-8H,1-2,5H2,(H,15,16)(H,12,13,14). The van der Waals surface area contributed by atoms with E-state index in [0.717, 1.165) is 11.0 Å². The first-order valence-electron chi connectivity index (χ1n) is 5.73. The van der Waals surface area contributed by atoms with Crippen LogP contribution in [0.25, 0.3) is 0 Å². The van der Waals surface area contributed by atoms with Gasteiger partial charge in [0, 0.05) is 23.5 Å². The van der Waals surface area contributed by atoms with Crippen molar-refractivity contribution in [3.63, 3.8) is 0 Å². The van der Waals surface area contributed by atoms with E-state index in [9.17, 15) is 4.79 Å². The Bertz CT molecular complexity index is 467. The molecule has 2 unspecified atom stereocenters. The number of hydrogen-bond acceptors (Lipinski definition) is 5. The second kappa shape index (κ2) is 4.10. The molecule has 90 valence electrons. The molecule has 2 atom stereocenters. The predicted molar refractivity (Wildman–Crippen MR) is 64.2 cm³/mol. The van der Waals surface area contributed by atoms with Crippen LogP contribution in [0.5, 0.6) is 0 Å². The van der Waals surface area contributed by atoms with Crippen LogP contribution in [-0.4, -0.2) is 26.5 Å². The highest BCUT2D eigenvalue weighted by Gasteiger charge is 2.29. The number of hydrogen-bond donors (Lipinski definition) is 2. The molecule has 0 bridgehead atoms. The molecule has 1 heterocycles. The van der Waals surface area contributed by atoms with E-state index in [4.69, 9.17) is 5.11 Å². The van der Waals surface area contributed by atoms with Crippen LogP contribution in [0, 0.1) is 5.92 Å². The zero-order valence-electron chi connectivity index (χ0n) is 9.17. The zero-order valence-corrected chi connectivity index (χ0v) is 9.98. The number of rotatable bonds is 4.